The lowest BCUT2D eigenvalue weighted by Gasteiger charge is -2.10. The summed E-state index contributed by atoms with van der Waals surface area (Å²) in [7, 11) is 1.37. The van der Waals surface area contributed by atoms with Crippen LogP contribution in [0.15, 0.2) is 66.7 Å². The number of esters is 1. The molecule has 0 fully saturated rings. The van der Waals surface area contributed by atoms with Gasteiger partial charge in [0.2, 0.25) is 0 Å². The third-order valence-electron chi connectivity index (χ3n) is 5.05. The first-order valence-electron chi connectivity index (χ1n) is 10.0. The predicted octanol–water partition coefficient (Wildman–Crippen LogP) is 5.19. The summed E-state index contributed by atoms with van der Waals surface area (Å²) >= 11 is 1.73. The lowest BCUT2D eigenvalue weighted by atomic mass is 10.0. The van der Waals surface area contributed by atoms with E-state index in [1.54, 1.807) is 11.3 Å². The second kappa shape index (κ2) is 9.76. The number of benzene rings is 3. The van der Waals surface area contributed by atoms with Gasteiger partial charge in [-0.25, -0.2) is 0 Å². The SMILES string of the molecule is COC(=O)CC(N)c1ccc2sc3ccc(C#CCOCc4ccccc4)cc3c2c1. The van der Waals surface area contributed by atoms with Crippen molar-refractivity contribution in [3.8, 4) is 11.8 Å². The number of ether oxygens (including phenoxy) is 2. The van der Waals surface area contributed by atoms with Gasteiger partial charge in [-0.15, -0.1) is 11.3 Å². The van der Waals surface area contributed by atoms with Gasteiger partial charge in [0.25, 0.3) is 0 Å². The minimum atomic E-state index is -0.392. The molecule has 0 saturated carbocycles. The summed E-state index contributed by atoms with van der Waals surface area (Å²) in [5, 5.41) is 2.27. The minimum absolute atomic E-state index is 0.157. The second-order valence-electron chi connectivity index (χ2n) is 7.24. The van der Waals surface area contributed by atoms with E-state index in [0.29, 0.717) is 13.2 Å². The highest BCUT2D eigenvalue weighted by molar-refractivity contribution is 7.25. The van der Waals surface area contributed by atoms with Crippen LogP contribution in [0.2, 0.25) is 0 Å². The van der Waals surface area contributed by atoms with Gasteiger partial charge in [-0.2, -0.15) is 0 Å². The van der Waals surface area contributed by atoms with Crippen molar-refractivity contribution >= 4 is 37.5 Å². The molecule has 0 saturated heterocycles. The zero-order chi connectivity index (χ0) is 21.6. The maximum Gasteiger partial charge on any atom is 0.307 e. The van der Waals surface area contributed by atoms with Crippen LogP contribution in [0.3, 0.4) is 0 Å². The molecule has 1 heterocycles. The monoisotopic (exact) mass is 429 g/mol. The largest absolute Gasteiger partial charge is 0.469 e. The van der Waals surface area contributed by atoms with Crippen molar-refractivity contribution in [3.63, 3.8) is 0 Å². The molecule has 0 amide bonds. The van der Waals surface area contributed by atoms with Crippen LogP contribution in [0.25, 0.3) is 20.2 Å². The number of hydrogen-bond donors (Lipinski definition) is 1. The van der Waals surface area contributed by atoms with Crippen molar-refractivity contribution in [3.05, 3.63) is 83.4 Å². The van der Waals surface area contributed by atoms with Gasteiger partial charge < -0.3 is 15.2 Å². The number of rotatable bonds is 6. The average molecular weight is 430 g/mol. The number of thiophene rings is 1. The first kappa shape index (κ1) is 21.1. The molecule has 3 aromatic carbocycles. The van der Waals surface area contributed by atoms with Crippen molar-refractivity contribution in [2.75, 3.05) is 13.7 Å². The van der Waals surface area contributed by atoms with Gasteiger partial charge in [0.1, 0.15) is 6.61 Å². The standard InChI is InChI=1S/C26H23NO3S/c1-29-26(28)16-23(27)20-10-12-25-22(15-20)21-14-18(9-11-24(21)31-25)8-5-13-30-17-19-6-3-2-4-7-19/h2-4,6-7,9-12,14-15,23H,13,16-17,27H2,1H3. The normalized spacial score (nSPS) is 11.8. The molecule has 5 heteroatoms. The minimum Gasteiger partial charge on any atom is -0.469 e. The third kappa shape index (κ3) is 5.12. The molecule has 0 aliphatic heterocycles. The maximum absolute atomic E-state index is 11.6. The first-order chi connectivity index (χ1) is 15.1. The Morgan fingerprint density at radius 3 is 2.55 bits per heavy atom. The van der Waals surface area contributed by atoms with Gasteiger partial charge in [0.05, 0.1) is 20.1 Å². The van der Waals surface area contributed by atoms with Gasteiger partial charge in [-0.1, -0.05) is 48.2 Å². The molecule has 4 rings (SSSR count). The molecule has 4 nitrogen and oxygen atoms in total. The first-order valence-corrected chi connectivity index (χ1v) is 10.8. The Morgan fingerprint density at radius 2 is 1.77 bits per heavy atom. The smallest absolute Gasteiger partial charge is 0.307 e. The maximum atomic E-state index is 11.6. The van der Waals surface area contributed by atoms with Crippen LogP contribution >= 0.6 is 11.3 Å². The fourth-order valence-corrected chi connectivity index (χ4v) is 4.48. The van der Waals surface area contributed by atoms with E-state index >= 15 is 0 Å². The molecule has 0 radical (unpaired) electrons. The summed E-state index contributed by atoms with van der Waals surface area (Å²) in [5.74, 6) is 5.98. The van der Waals surface area contributed by atoms with Crippen LogP contribution in [-0.2, 0) is 20.9 Å². The summed E-state index contributed by atoms with van der Waals surface area (Å²) in [4.78, 5) is 11.6. The molecule has 0 aliphatic carbocycles. The Kier molecular flexibility index (Phi) is 6.63. The molecule has 2 N–H and O–H groups in total. The third-order valence-corrected chi connectivity index (χ3v) is 6.21. The van der Waals surface area contributed by atoms with E-state index in [2.05, 4.69) is 36.1 Å². The Labute approximate surface area is 185 Å². The molecular formula is C26H23NO3S. The van der Waals surface area contributed by atoms with Crippen LogP contribution in [0.1, 0.15) is 29.2 Å². The van der Waals surface area contributed by atoms with Crippen molar-refractivity contribution in [2.45, 2.75) is 19.1 Å². The van der Waals surface area contributed by atoms with Crippen LogP contribution in [0.5, 0.6) is 0 Å². The number of carbonyl (C=O) groups excluding carboxylic acids is 1. The lowest BCUT2D eigenvalue weighted by Crippen LogP contribution is -2.16. The van der Waals surface area contributed by atoms with Gasteiger partial charge in [0, 0.05) is 31.8 Å². The summed E-state index contributed by atoms with van der Waals surface area (Å²) < 4.78 is 12.8. The number of nitrogens with two attached hydrogens (primary N) is 1. The zero-order valence-corrected chi connectivity index (χ0v) is 18.1. The average Bonchev–Trinajstić information content (AvgIpc) is 3.16. The van der Waals surface area contributed by atoms with Crippen LogP contribution < -0.4 is 5.73 Å². The highest BCUT2D eigenvalue weighted by atomic mass is 32.1. The molecule has 31 heavy (non-hydrogen) atoms. The van der Waals surface area contributed by atoms with E-state index in [4.69, 9.17) is 15.2 Å². The quantitative estimate of drug-likeness (QED) is 0.260. The van der Waals surface area contributed by atoms with Crippen molar-refractivity contribution in [1.82, 2.24) is 0 Å². The predicted molar refractivity (Wildman–Crippen MR) is 126 cm³/mol. The van der Waals surface area contributed by atoms with E-state index in [-0.39, 0.29) is 12.4 Å². The van der Waals surface area contributed by atoms with Crippen molar-refractivity contribution in [2.24, 2.45) is 5.73 Å². The molecule has 1 unspecified atom stereocenters. The molecule has 0 aliphatic rings. The van der Waals surface area contributed by atoms with Crippen LogP contribution in [0.4, 0.5) is 0 Å². The summed E-state index contributed by atoms with van der Waals surface area (Å²) in [6.07, 6.45) is 0.157. The Hall–Kier alpha value is -3.17. The number of hydrogen-bond acceptors (Lipinski definition) is 5. The fourth-order valence-electron chi connectivity index (χ4n) is 3.42. The number of fused-ring (bicyclic) bond motifs is 3. The Bertz CT molecular complexity index is 1270. The molecule has 1 aromatic heterocycles. The summed E-state index contributed by atoms with van der Waals surface area (Å²) in [5.41, 5.74) is 9.21. The Balaban J connectivity index is 1.51. The molecule has 1 atom stereocenters. The molecule has 0 bridgehead atoms. The van der Waals surface area contributed by atoms with E-state index in [1.807, 2.05) is 42.5 Å². The Morgan fingerprint density at radius 1 is 1.03 bits per heavy atom. The number of methoxy groups -OCH3 is 1. The van der Waals surface area contributed by atoms with Gasteiger partial charge in [-0.05, 0) is 41.5 Å². The van der Waals surface area contributed by atoms with Gasteiger partial charge >= 0.3 is 5.97 Å². The van der Waals surface area contributed by atoms with Crippen LogP contribution in [0, 0.1) is 11.8 Å². The topological polar surface area (TPSA) is 61.5 Å². The molecule has 0 spiro atoms. The highest BCUT2D eigenvalue weighted by Crippen LogP contribution is 2.35. The van der Waals surface area contributed by atoms with Gasteiger partial charge in [0.15, 0.2) is 0 Å². The van der Waals surface area contributed by atoms with E-state index in [1.165, 1.54) is 16.5 Å². The summed E-state index contributed by atoms with van der Waals surface area (Å²) in [6.45, 7) is 0.933. The van der Waals surface area contributed by atoms with Crippen LogP contribution in [-0.4, -0.2) is 19.7 Å². The lowest BCUT2D eigenvalue weighted by molar-refractivity contribution is -0.141. The van der Waals surface area contributed by atoms with E-state index < -0.39 is 6.04 Å². The highest BCUT2D eigenvalue weighted by Gasteiger charge is 2.14. The van der Waals surface area contributed by atoms with E-state index in [0.717, 1.165) is 27.5 Å². The van der Waals surface area contributed by atoms with E-state index in [9.17, 15) is 4.79 Å². The van der Waals surface area contributed by atoms with Crippen molar-refractivity contribution < 1.29 is 14.3 Å². The second-order valence-corrected chi connectivity index (χ2v) is 8.32. The zero-order valence-electron chi connectivity index (χ0n) is 17.3. The molecule has 156 valence electrons. The fraction of sp³-hybridized carbons (Fsp3) is 0.192. The van der Waals surface area contributed by atoms with Gasteiger partial charge in [-0.3, -0.25) is 4.79 Å². The molecule has 4 aromatic rings. The van der Waals surface area contributed by atoms with Crippen molar-refractivity contribution in [1.29, 1.82) is 0 Å². The summed E-state index contributed by atoms with van der Waals surface area (Å²) in [6, 6.07) is 22.0. The molecular weight excluding hydrogens is 406 g/mol. The number of carbonyl (C=O) groups is 1.